The Balaban J connectivity index is 1.78. The van der Waals surface area contributed by atoms with Gasteiger partial charge in [0, 0.05) is 24.7 Å². The molecule has 1 aromatic carbocycles. The summed E-state index contributed by atoms with van der Waals surface area (Å²) < 4.78 is 5.97. The third-order valence-corrected chi connectivity index (χ3v) is 4.24. The van der Waals surface area contributed by atoms with Gasteiger partial charge in [-0.2, -0.15) is 0 Å². The van der Waals surface area contributed by atoms with Gasteiger partial charge in [-0.05, 0) is 45.3 Å². The van der Waals surface area contributed by atoms with Crippen LogP contribution in [0, 0.1) is 5.92 Å². The van der Waals surface area contributed by atoms with Crippen LogP contribution in [0.2, 0.25) is 0 Å². The first-order valence-electron chi connectivity index (χ1n) is 7.84. The van der Waals surface area contributed by atoms with Gasteiger partial charge in [0.05, 0.1) is 0 Å². The standard InChI is InChI=1S/C17H28N2O/c1-4-18-13-16-7-5-6-8-17(16)20-12-11-19(3)14(2)15-9-10-15/h5-8,14-15,18H,4,9-13H2,1-3H3. The van der Waals surface area contributed by atoms with Gasteiger partial charge >= 0.3 is 0 Å². The van der Waals surface area contributed by atoms with Crippen LogP contribution in [0.3, 0.4) is 0 Å². The first kappa shape index (κ1) is 15.3. The topological polar surface area (TPSA) is 24.5 Å². The Bertz CT molecular complexity index is 404. The average molecular weight is 276 g/mol. The van der Waals surface area contributed by atoms with Gasteiger partial charge < -0.3 is 15.0 Å². The maximum Gasteiger partial charge on any atom is 0.123 e. The Morgan fingerprint density at radius 2 is 2.10 bits per heavy atom. The maximum atomic E-state index is 5.97. The van der Waals surface area contributed by atoms with Gasteiger partial charge in [-0.15, -0.1) is 0 Å². The lowest BCUT2D eigenvalue weighted by molar-refractivity contribution is 0.186. The van der Waals surface area contributed by atoms with Gasteiger partial charge in [0.25, 0.3) is 0 Å². The van der Waals surface area contributed by atoms with Crippen molar-refractivity contribution in [3.63, 3.8) is 0 Å². The number of benzene rings is 1. The highest BCUT2D eigenvalue weighted by atomic mass is 16.5. The van der Waals surface area contributed by atoms with Crippen molar-refractivity contribution in [3.05, 3.63) is 29.8 Å². The molecule has 0 heterocycles. The molecule has 112 valence electrons. The lowest BCUT2D eigenvalue weighted by Gasteiger charge is -2.24. The molecule has 1 N–H and O–H groups in total. The van der Waals surface area contributed by atoms with E-state index in [0.29, 0.717) is 6.04 Å². The van der Waals surface area contributed by atoms with Gasteiger partial charge in [0.2, 0.25) is 0 Å². The van der Waals surface area contributed by atoms with Crippen LogP contribution >= 0.6 is 0 Å². The molecule has 1 saturated carbocycles. The van der Waals surface area contributed by atoms with Crippen molar-refractivity contribution in [2.75, 3.05) is 26.7 Å². The van der Waals surface area contributed by atoms with Crippen LogP contribution < -0.4 is 10.1 Å². The molecule has 1 aromatic rings. The van der Waals surface area contributed by atoms with E-state index in [1.54, 1.807) is 0 Å². The lowest BCUT2D eigenvalue weighted by Crippen LogP contribution is -2.34. The zero-order valence-corrected chi connectivity index (χ0v) is 13.1. The fourth-order valence-electron chi connectivity index (χ4n) is 2.49. The quantitative estimate of drug-likeness (QED) is 0.750. The van der Waals surface area contributed by atoms with Crippen LogP contribution in [0.5, 0.6) is 5.75 Å². The van der Waals surface area contributed by atoms with E-state index in [-0.39, 0.29) is 0 Å². The smallest absolute Gasteiger partial charge is 0.123 e. The predicted octanol–water partition coefficient (Wildman–Crippen LogP) is 2.91. The second kappa shape index (κ2) is 7.65. The summed E-state index contributed by atoms with van der Waals surface area (Å²) in [7, 11) is 2.21. The van der Waals surface area contributed by atoms with E-state index in [9.17, 15) is 0 Å². The molecule has 0 spiro atoms. The van der Waals surface area contributed by atoms with Crippen molar-refractivity contribution in [2.24, 2.45) is 5.92 Å². The molecule has 3 nitrogen and oxygen atoms in total. The molecule has 1 unspecified atom stereocenters. The van der Waals surface area contributed by atoms with Gasteiger partial charge in [-0.3, -0.25) is 0 Å². The van der Waals surface area contributed by atoms with Crippen molar-refractivity contribution in [2.45, 2.75) is 39.3 Å². The summed E-state index contributed by atoms with van der Waals surface area (Å²) in [6.45, 7) is 8.06. The summed E-state index contributed by atoms with van der Waals surface area (Å²) in [5.41, 5.74) is 1.24. The summed E-state index contributed by atoms with van der Waals surface area (Å²) in [4.78, 5) is 2.42. The van der Waals surface area contributed by atoms with E-state index < -0.39 is 0 Å². The van der Waals surface area contributed by atoms with Crippen LogP contribution in [0.1, 0.15) is 32.3 Å². The summed E-state index contributed by atoms with van der Waals surface area (Å²) in [5.74, 6) is 1.93. The lowest BCUT2D eigenvalue weighted by atomic mass is 10.2. The Morgan fingerprint density at radius 3 is 2.80 bits per heavy atom. The molecule has 20 heavy (non-hydrogen) atoms. The van der Waals surface area contributed by atoms with Crippen LogP contribution in [0.25, 0.3) is 0 Å². The largest absolute Gasteiger partial charge is 0.492 e. The van der Waals surface area contributed by atoms with Crippen molar-refractivity contribution < 1.29 is 4.74 Å². The van der Waals surface area contributed by atoms with Gasteiger partial charge in [0.15, 0.2) is 0 Å². The maximum absolute atomic E-state index is 5.97. The monoisotopic (exact) mass is 276 g/mol. The van der Waals surface area contributed by atoms with Crippen LogP contribution in [0.15, 0.2) is 24.3 Å². The van der Waals surface area contributed by atoms with E-state index in [1.807, 2.05) is 6.07 Å². The van der Waals surface area contributed by atoms with Crippen molar-refractivity contribution in [1.82, 2.24) is 10.2 Å². The van der Waals surface area contributed by atoms with E-state index >= 15 is 0 Å². The molecule has 0 aromatic heterocycles. The van der Waals surface area contributed by atoms with Gasteiger partial charge in [-0.25, -0.2) is 0 Å². The second-order valence-electron chi connectivity index (χ2n) is 5.80. The number of para-hydroxylation sites is 1. The third-order valence-electron chi connectivity index (χ3n) is 4.24. The van der Waals surface area contributed by atoms with E-state index in [2.05, 4.69) is 49.3 Å². The predicted molar refractivity (Wildman–Crippen MR) is 84.1 cm³/mol. The van der Waals surface area contributed by atoms with Crippen LogP contribution in [-0.4, -0.2) is 37.7 Å². The normalized spacial score (nSPS) is 16.4. The number of hydrogen-bond acceptors (Lipinski definition) is 3. The Labute approximate surface area is 123 Å². The molecule has 0 saturated heterocycles. The minimum absolute atomic E-state index is 0.690. The molecular weight excluding hydrogens is 248 g/mol. The van der Waals surface area contributed by atoms with E-state index in [1.165, 1.54) is 18.4 Å². The molecule has 3 heteroatoms. The SMILES string of the molecule is CCNCc1ccccc1OCCN(C)C(C)C1CC1. The highest BCUT2D eigenvalue weighted by molar-refractivity contribution is 5.33. The molecule has 0 bridgehead atoms. The number of hydrogen-bond donors (Lipinski definition) is 1. The number of likely N-dealkylation sites (N-methyl/N-ethyl adjacent to an activating group) is 1. The molecule has 0 radical (unpaired) electrons. The molecular formula is C17H28N2O. The minimum atomic E-state index is 0.690. The second-order valence-corrected chi connectivity index (χ2v) is 5.80. The van der Waals surface area contributed by atoms with Crippen molar-refractivity contribution >= 4 is 0 Å². The molecule has 0 aliphatic heterocycles. The minimum Gasteiger partial charge on any atom is -0.492 e. The molecule has 1 fully saturated rings. The summed E-state index contributed by atoms with van der Waals surface area (Å²) in [6.07, 6.45) is 2.80. The summed E-state index contributed by atoms with van der Waals surface area (Å²) in [5, 5.41) is 3.36. The van der Waals surface area contributed by atoms with E-state index in [0.717, 1.165) is 37.9 Å². The highest BCUT2D eigenvalue weighted by Crippen LogP contribution is 2.34. The summed E-state index contributed by atoms with van der Waals surface area (Å²) in [6, 6.07) is 9.00. The number of nitrogens with zero attached hydrogens (tertiary/aromatic N) is 1. The average Bonchev–Trinajstić information content (AvgIpc) is 3.30. The fraction of sp³-hybridized carbons (Fsp3) is 0.647. The highest BCUT2D eigenvalue weighted by Gasteiger charge is 2.30. The zero-order valence-electron chi connectivity index (χ0n) is 13.1. The first-order chi connectivity index (χ1) is 9.72. The number of rotatable bonds is 9. The van der Waals surface area contributed by atoms with Crippen molar-refractivity contribution in [3.8, 4) is 5.75 Å². The Kier molecular flexibility index (Phi) is 5.86. The first-order valence-corrected chi connectivity index (χ1v) is 7.84. The number of ether oxygens (including phenoxy) is 1. The molecule has 1 aliphatic carbocycles. The Morgan fingerprint density at radius 1 is 1.35 bits per heavy atom. The van der Waals surface area contributed by atoms with Gasteiger partial charge in [0.1, 0.15) is 12.4 Å². The summed E-state index contributed by atoms with van der Waals surface area (Å²) >= 11 is 0. The zero-order chi connectivity index (χ0) is 14.4. The van der Waals surface area contributed by atoms with Crippen molar-refractivity contribution in [1.29, 1.82) is 0 Å². The molecule has 1 aliphatic rings. The van der Waals surface area contributed by atoms with Crippen LogP contribution in [0.4, 0.5) is 0 Å². The van der Waals surface area contributed by atoms with Crippen LogP contribution in [-0.2, 0) is 6.54 Å². The van der Waals surface area contributed by atoms with E-state index in [4.69, 9.17) is 4.74 Å². The van der Waals surface area contributed by atoms with Gasteiger partial charge in [-0.1, -0.05) is 25.1 Å². The third kappa shape index (κ3) is 4.50. The fourth-order valence-corrected chi connectivity index (χ4v) is 2.49. The molecule has 2 rings (SSSR count). The molecule has 1 atom stereocenters. The molecule has 0 amide bonds. The number of nitrogens with one attached hydrogen (secondary N) is 1. The Hall–Kier alpha value is -1.06.